The van der Waals surface area contributed by atoms with Crippen molar-refractivity contribution in [3.8, 4) is 11.5 Å². The molecule has 1 unspecified atom stereocenters. The van der Waals surface area contributed by atoms with Gasteiger partial charge in [0.2, 0.25) is 0 Å². The Balaban J connectivity index is 2.25. The van der Waals surface area contributed by atoms with Crippen LogP contribution < -0.4 is 15.2 Å². The Labute approximate surface area is 134 Å². The van der Waals surface area contributed by atoms with Crippen LogP contribution in [0.3, 0.4) is 0 Å². The number of benzene rings is 2. The third kappa shape index (κ3) is 3.99. The first kappa shape index (κ1) is 15.9. The quantitative estimate of drug-likeness (QED) is 0.875. The summed E-state index contributed by atoms with van der Waals surface area (Å²) in [6.07, 6.45) is 0.163. The van der Waals surface area contributed by atoms with Crippen LogP contribution in [0, 0.1) is 0 Å². The highest BCUT2D eigenvalue weighted by Crippen LogP contribution is 2.31. The molecule has 0 bridgehead atoms. The van der Waals surface area contributed by atoms with E-state index in [2.05, 4.69) is 15.9 Å². The van der Waals surface area contributed by atoms with Gasteiger partial charge in [-0.05, 0) is 43.7 Å². The number of rotatable bonds is 5. The van der Waals surface area contributed by atoms with Crippen molar-refractivity contribution in [1.29, 1.82) is 0 Å². The van der Waals surface area contributed by atoms with Gasteiger partial charge in [0.1, 0.15) is 11.5 Å². The molecule has 2 aromatic carbocycles. The Bertz CT molecular complexity index is 596. The molecule has 0 aliphatic carbocycles. The van der Waals surface area contributed by atoms with Gasteiger partial charge in [0.25, 0.3) is 0 Å². The predicted octanol–water partition coefficient (Wildman–Crippen LogP) is 4.29. The van der Waals surface area contributed by atoms with Crippen LogP contribution in [0.15, 0.2) is 46.9 Å². The van der Waals surface area contributed by atoms with Crippen molar-refractivity contribution in [3.05, 3.63) is 58.1 Å². The Morgan fingerprint density at radius 1 is 1.05 bits per heavy atom. The molecule has 112 valence electrons. The van der Waals surface area contributed by atoms with Crippen molar-refractivity contribution >= 4 is 15.9 Å². The van der Waals surface area contributed by atoms with E-state index in [-0.39, 0.29) is 12.1 Å². The topological polar surface area (TPSA) is 44.5 Å². The van der Waals surface area contributed by atoms with Crippen LogP contribution in [-0.4, -0.2) is 13.2 Å². The lowest BCUT2D eigenvalue weighted by Crippen LogP contribution is -2.13. The van der Waals surface area contributed by atoms with Gasteiger partial charge in [-0.2, -0.15) is 0 Å². The van der Waals surface area contributed by atoms with E-state index >= 15 is 0 Å². The first-order valence-corrected chi connectivity index (χ1v) is 7.66. The maximum absolute atomic E-state index is 6.36. The van der Waals surface area contributed by atoms with E-state index < -0.39 is 0 Å². The number of halogens is 1. The maximum Gasteiger partial charge on any atom is 0.125 e. The van der Waals surface area contributed by atoms with Crippen LogP contribution in [0.5, 0.6) is 11.5 Å². The van der Waals surface area contributed by atoms with Crippen LogP contribution >= 0.6 is 15.9 Å². The number of ether oxygens (including phenoxy) is 2. The van der Waals surface area contributed by atoms with Gasteiger partial charge in [0, 0.05) is 10.0 Å². The third-order valence-electron chi connectivity index (χ3n) is 3.14. The van der Waals surface area contributed by atoms with E-state index in [4.69, 9.17) is 15.2 Å². The molecule has 4 heteroatoms. The summed E-state index contributed by atoms with van der Waals surface area (Å²) in [5.74, 6) is 1.63. The van der Waals surface area contributed by atoms with Crippen LogP contribution in [0.25, 0.3) is 0 Å². The molecule has 0 aromatic heterocycles. The van der Waals surface area contributed by atoms with E-state index in [0.29, 0.717) is 0 Å². The van der Waals surface area contributed by atoms with Crippen molar-refractivity contribution in [2.45, 2.75) is 26.0 Å². The molecular weight excluding hydrogens is 330 g/mol. The molecule has 0 saturated carbocycles. The van der Waals surface area contributed by atoms with Crippen LogP contribution in [0.1, 0.15) is 31.0 Å². The zero-order chi connectivity index (χ0) is 15.4. The zero-order valence-corrected chi connectivity index (χ0v) is 14.1. The highest BCUT2D eigenvalue weighted by molar-refractivity contribution is 9.10. The molecule has 3 nitrogen and oxygen atoms in total. The summed E-state index contributed by atoms with van der Waals surface area (Å²) in [6, 6.07) is 13.5. The molecule has 21 heavy (non-hydrogen) atoms. The number of hydrogen-bond acceptors (Lipinski definition) is 3. The fourth-order valence-corrected chi connectivity index (χ4v) is 2.49. The molecule has 0 spiro atoms. The van der Waals surface area contributed by atoms with E-state index in [1.54, 1.807) is 7.11 Å². The van der Waals surface area contributed by atoms with Gasteiger partial charge < -0.3 is 15.2 Å². The number of nitrogens with two attached hydrogens (primary N) is 1. The molecule has 0 radical (unpaired) electrons. The van der Waals surface area contributed by atoms with Gasteiger partial charge in [0.05, 0.1) is 19.3 Å². The predicted molar refractivity (Wildman–Crippen MR) is 88.9 cm³/mol. The van der Waals surface area contributed by atoms with Gasteiger partial charge in [-0.3, -0.25) is 0 Å². The summed E-state index contributed by atoms with van der Waals surface area (Å²) in [4.78, 5) is 0. The first-order chi connectivity index (χ1) is 10.0. The molecule has 0 heterocycles. The molecule has 0 saturated heterocycles. The normalized spacial score (nSPS) is 12.3. The van der Waals surface area contributed by atoms with Crippen LogP contribution in [0.2, 0.25) is 0 Å². The Hall–Kier alpha value is -1.52. The van der Waals surface area contributed by atoms with Crippen molar-refractivity contribution in [3.63, 3.8) is 0 Å². The second-order valence-electron chi connectivity index (χ2n) is 5.10. The molecule has 0 aliphatic heterocycles. The highest BCUT2D eigenvalue weighted by Gasteiger charge is 2.14. The molecule has 0 aliphatic rings. The Morgan fingerprint density at radius 3 is 2.29 bits per heavy atom. The van der Waals surface area contributed by atoms with Crippen LogP contribution in [-0.2, 0) is 0 Å². The second-order valence-corrected chi connectivity index (χ2v) is 6.02. The molecular formula is C17H20BrNO2. The van der Waals surface area contributed by atoms with E-state index in [1.165, 1.54) is 0 Å². The molecule has 0 amide bonds. The summed E-state index contributed by atoms with van der Waals surface area (Å²) >= 11 is 3.44. The number of hydrogen-bond donors (Lipinski definition) is 1. The molecule has 2 aromatic rings. The first-order valence-electron chi connectivity index (χ1n) is 6.87. The van der Waals surface area contributed by atoms with Crippen molar-refractivity contribution in [1.82, 2.24) is 0 Å². The van der Waals surface area contributed by atoms with Gasteiger partial charge in [0.15, 0.2) is 0 Å². The van der Waals surface area contributed by atoms with Gasteiger partial charge in [-0.15, -0.1) is 0 Å². The van der Waals surface area contributed by atoms with Gasteiger partial charge >= 0.3 is 0 Å². The SMILES string of the molecule is COc1cc(Br)ccc1C(N)c1ccc(OC(C)C)cc1. The lowest BCUT2D eigenvalue weighted by molar-refractivity contribution is 0.242. The van der Waals surface area contributed by atoms with E-state index in [9.17, 15) is 0 Å². The summed E-state index contributed by atoms with van der Waals surface area (Å²) in [5, 5.41) is 0. The maximum atomic E-state index is 6.36. The lowest BCUT2D eigenvalue weighted by Gasteiger charge is -2.17. The standard InChI is InChI=1S/C17H20BrNO2/c1-11(2)21-14-7-4-12(5-8-14)17(19)15-9-6-13(18)10-16(15)20-3/h4-11,17H,19H2,1-3H3. The average Bonchev–Trinajstić information content (AvgIpc) is 2.46. The summed E-state index contributed by atoms with van der Waals surface area (Å²) < 4.78 is 12.0. The molecule has 0 fully saturated rings. The van der Waals surface area contributed by atoms with Gasteiger partial charge in [-0.25, -0.2) is 0 Å². The van der Waals surface area contributed by atoms with Crippen molar-refractivity contribution in [2.75, 3.05) is 7.11 Å². The third-order valence-corrected chi connectivity index (χ3v) is 3.63. The minimum absolute atomic E-state index is 0.163. The Morgan fingerprint density at radius 2 is 1.71 bits per heavy atom. The van der Waals surface area contributed by atoms with Crippen molar-refractivity contribution in [2.24, 2.45) is 5.73 Å². The molecule has 2 N–H and O–H groups in total. The zero-order valence-electron chi connectivity index (χ0n) is 12.5. The molecule has 2 rings (SSSR count). The minimum atomic E-state index is -0.235. The average molecular weight is 350 g/mol. The highest BCUT2D eigenvalue weighted by atomic mass is 79.9. The fourth-order valence-electron chi connectivity index (χ4n) is 2.15. The van der Waals surface area contributed by atoms with E-state index in [1.807, 2.05) is 56.3 Å². The summed E-state index contributed by atoms with van der Waals surface area (Å²) in [6.45, 7) is 4.01. The molecule has 1 atom stereocenters. The Kier molecular flexibility index (Phi) is 5.26. The van der Waals surface area contributed by atoms with Crippen molar-refractivity contribution < 1.29 is 9.47 Å². The second kappa shape index (κ2) is 6.96. The minimum Gasteiger partial charge on any atom is -0.496 e. The fraction of sp³-hybridized carbons (Fsp3) is 0.294. The summed E-state index contributed by atoms with van der Waals surface area (Å²) in [5.41, 5.74) is 8.33. The summed E-state index contributed by atoms with van der Waals surface area (Å²) in [7, 11) is 1.65. The smallest absolute Gasteiger partial charge is 0.125 e. The number of methoxy groups -OCH3 is 1. The van der Waals surface area contributed by atoms with Gasteiger partial charge in [-0.1, -0.05) is 34.1 Å². The monoisotopic (exact) mass is 349 g/mol. The lowest BCUT2D eigenvalue weighted by atomic mass is 9.99. The van der Waals surface area contributed by atoms with Crippen LogP contribution in [0.4, 0.5) is 0 Å². The largest absolute Gasteiger partial charge is 0.496 e. The van der Waals surface area contributed by atoms with E-state index in [0.717, 1.165) is 27.1 Å².